The topological polar surface area (TPSA) is 23.8 Å². The average Bonchev–Trinajstić information content (AvgIpc) is 2.72. The Balaban J connectivity index is 1.59. The highest BCUT2D eigenvalue weighted by Crippen LogP contribution is 2.20. The van der Waals surface area contributed by atoms with Gasteiger partial charge in [-0.1, -0.05) is 37.6 Å². The molecule has 160 valence electrons. The van der Waals surface area contributed by atoms with E-state index in [-0.39, 0.29) is 12.0 Å². The van der Waals surface area contributed by atoms with Crippen molar-refractivity contribution in [1.29, 1.82) is 5.26 Å². The van der Waals surface area contributed by atoms with E-state index >= 15 is 0 Å². The summed E-state index contributed by atoms with van der Waals surface area (Å²) in [5.74, 6) is -2.70. The van der Waals surface area contributed by atoms with Crippen LogP contribution in [-0.4, -0.2) is 0 Å². The second-order valence-electron chi connectivity index (χ2n) is 7.65. The third-order valence-electron chi connectivity index (χ3n) is 5.34. The molecule has 0 aromatic heterocycles. The molecule has 3 rings (SSSR count). The van der Waals surface area contributed by atoms with Crippen molar-refractivity contribution in [3.05, 3.63) is 105 Å². The van der Waals surface area contributed by atoms with E-state index in [2.05, 4.69) is 0 Å². The number of nitrogens with zero attached hydrogens (tertiary/aromatic N) is 1. The Hall–Kier alpha value is -3.13. The summed E-state index contributed by atoms with van der Waals surface area (Å²) in [5.41, 5.74) is 2.63. The lowest BCUT2D eigenvalue weighted by Crippen LogP contribution is -2.01. The number of hydrogen-bond acceptors (Lipinski definition) is 1. The molecule has 0 radical (unpaired) electrons. The molecule has 0 aliphatic rings. The zero-order valence-corrected chi connectivity index (χ0v) is 17.3. The largest absolute Gasteiger partial charge is 0.207 e. The Morgan fingerprint density at radius 3 is 1.52 bits per heavy atom. The van der Waals surface area contributed by atoms with Gasteiger partial charge in [0.25, 0.3) is 0 Å². The molecular formula is C26H23F4N. The van der Waals surface area contributed by atoms with Crippen molar-refractivity contribution < 1.29 is 17.6 Å². The third kappa shape index (κ3) is 5.73. The number of benzene rings is 3. The van der Waals surface area contributed by atoms with Crippen LogP contribution in [0.25, 0.3) is 0 Å². The second kappa shape index (κ2) is 10.3. The summed E-state index contributed by atoms with van der Waals surface area (Å²) in [5, 5.41) is 8.73. The lowest BCUT2D eigenvalue weighted by molar-refractivity contribution is 0.551. The first-order valence-electron chi connectivity index (χ1n) is 10.3. The predicted molar refractivity (Wildman–Crippen MR) is 113 cm³/mol. The van der Waals surface area contributed by atoms with Gasteiger partial charge in [-0.2, -0.15) is 5.26 Å². The van der Waals surface area contributed by atoms with Crippen LogP contribution in [0.2, 0.25) is 0 Å². The molecule has 3 aromatic rings. The molecular weight excluding hydrogens is 402 g/mol. The molecule has 0 saturated carbocycles. The Labute approximate surface area is 180 Å². The monoisotopic (exact) mass is 425 g/mol. The van der Waals surface area contributed by atoms with Crippen molar-refractivity contribution >= 4 is 0 Å². The molecule has 0 fully saturated rings. The summed E-state index contributed by atoms with van der Waals surface area (Å²) in [6.45, 7) is 1.97. The maximum absolute atomic E-state index is 14.3. The maximum atomic E-state index is 14.3. The van der Waals surface area contributed by atoms with E-state index in [0.717, 1.165) is 17.5 Å². The fraction of sp³-hybridized carbons (Fsp3) is 0.269. The number of rotatable bonds is 8. The van der Waals surface area contributed by atoms with Crippen LogP contribution in [0.5, 0.6) is 0 Å². The molecule has 0 N–H and O–H groups in total. The summed E-state index contributed by atoms with van der Waals surface area (Å²) in [6, 6.07) is 14.3. The fourth-order valence-electron chi connectivity index (χ4n) is 3.63. The van der Waals surface area contributed by atoms with Crippen molar-refractivity contribution in [2.45, 2.75) is 45.4 Å². The number of nitriles is 1. The van der Waals surface area contributed by atoms with Gasteiger partial charge in [0.05, 0.1) is 0 Å². The number of aryl methyl sites for hydroxylation is 4. The molecule has 0 aliphatic carbocycles. The van der Waals surface area contributed by atoms with Crippen molar-refractivity contribution in [3.63, 3.8) is 0 Å². The van der Waals surface area contributed by atoms with E-state index in [4.69, 9.17) is 5.26 Å². The van der Waals surface area contributed by atoms with Crippen molar-refractivity contribution in [2.75, 3.05) is 0 Å². The van der Waals surface area contributed by atoms with E-state index in [9.17, 15) is 17.6 Å². The Kier molecular flexibility index (Phi) is 7.46. The standard InChI is InChI=1S/C26H23F4N/c1-2-3-19-12-23(27)21(24(28)13-19)11-10-18-6-4-17(5-7-18)8-9-20-14-25(29)22(16-31)26(30)15-20/h4-7,12-15H,2-3,8-11H2,1H3. The van der Waals surface area contributed by atoms with Crippen LogP contribution in [0.4, 0.5) is 17.6 Å². The highest BCUT2D eigenvalue weighted by atomic mass is 19.1. The van der Waals surface area contributed by atoms with Gasteiger partial charge in [0.15, 0.2) is 0 Å². The van der Waals surface area contributed by atoms with Crippen LogP contribution in [0.15, 0.2) is 48.5 Å². The minimum absolute atomic E-state index is 0.105. The molecule has 1 nitrogen and oxygen atoms in total. The van der Waals surface area contributed by atoms with E-state index in [1.807, 2.05) is 31.2 Å². The van der Waals surface area contributed by atoms with Gasteiger partial charge in [-0.3, -0.25) is 0 Å². The smallest absolute Gasteiger partial charge is 0.144 e. The van der Waals surface area contributed by atoms with Crippen LogP contribution in [0.3, 0.4) is 0 Å². The first kappa shape index (κ1) is 22.6. The van der Waals surface area contributed by atoms with Gasteiger partial charge < -0.3 is 0 Å². The third-order valence-corrected chi connectivity index (χ3v) is 5.34. The fourth-order valence-corrected chi connectivity index (χ4v) is 3.63. The summed E-state index contributed by atoms with van der Waals surface area (Å²) in [4.78, 5) is 0. The lowest BCUT2D eigenvalue weighted by atomic mass is 9.98. The summed E-state index contributed by atoms with van der Waals surface area (Å²) in [7, 11) is 0. The van der Waals surface area contributed by atoms with Crippen molar-refractivity contribution in [3.8, 4) is 6.07 Å². The van der Waals surface area contributed by atoms with E-state index < -0.39 is 28.8 Å². The van der Waals surface area contributed by atoms with Crippen LogP contribution in [-0.2, 0) is 32.1 Å². The first-order valence-corrected chi connectivity index (χ1v) is 10.3. The highest BCUT2D eigenvalue weighted by Gasteiger charge is 2.12. The normalized spacial score (nSPS) is 10.8. The number of hydrogen-bond donors (Lipinski definition) is 0. The molecule has 0 aliphatic heterocycles. The Morgan fingerprint density at radius 2 is 1.03 bits per heavy atom. The lowest BCUT2D eigenvalue weighted by Gasteiger charge is -2.09. The molecule has 0 amide bonds. The second-order valence-corrected chi connectivity index (χ2v) is 7.65. The predicted octanol–water partition coefficient (Wildman–Crippen LogP) is 6.64. The Morgan fingerprint density at radius 1 is 0.613 bits per heavy atom. The van der Waals surface area contributed by atoms with Gasteiger partial charge in [0, 0.05) is 5.56 Å². The molecule has 0 heterocycles. The molecule has 0 saturated heterocycles. The summed E-state index contributed by atoms with van der Waals surface area (Å²) >= 11 is 0. The minimum atomic E-state index is -0.852. The van der Waals surface area contributed by atoms with Gasteiger partial charge in [-0.15, -0.1) is 0 Å². The number of halogens is 4. The maximum Gasteiger partial charge on any atom is 0.144 e. The SMILES string of the molecule is CCCc1cc(F)c(CCc2ccc(CCc3cc(F)c(C#N)c(F)c3)cc2)c(F)c1. The molecule has 5 heteroatoms. The van der Waals surface area contributed by atoms with Crippen LogP contribution < -0.4 is 0 Å². The first-order chi connectivity index (χ1) is 14.9. The molecule has 0 bridgehead atoms. The van der Waals surface area contributed by atoms with E-state index in [0.29, 0.717) is 36.8 Å². The molecule has 0 atom stereocenters. The quantitative estimate of drug-likeness (QED) is 0.371. The van der Waals surface area contributed by atoms with Crippen molar-refractivity contribution in [1.82, 2.24) is 0 Å². The van der Waals surface area contributed by atoms with E-state index in [1.54, 1.807) is 0 Å². The zero-order chi connectivity index (χ0) is 22.4. The van der Waals surface area contributed by atoms with Crippen LogP contribution >= 0.6 is 0 Å². The van der Waals surface area contributed by atoms with Gasteiger partial charge in [0.2, 0.25) is 0 Å². The Bertz CT molecular complexity index is 1050. The van der Waals surface area contributed by atoms with Gasteiger partial charge in [0.1, 0.15) is 34.9 Å². The zero-order valence-electron chi connectivity index (χ0n) is 17.3. The van der Waals surface area contributed by atoms with Gasteiger partial charge >= 0.3 is 0 Å². The average molecular weight is 425 g/mol. The molecule has 31 heavy (non-hydrogen) atoms. The summed E-state index contributed by atoms with van der Waals surface area (Å²) in [6.07, 6.45) is 3.27. The van der Waals surface area contributed by atoms with Gasteiger partial charge in [-0.05, 0) is 78.6 Å². The molecule has 0 unspecified atom stereocenters. The summed E-state index contributed by atoms with van der Waals surface area (Å²) < 4.78 is 55.9. The molecule has 0 spiro atoms. The van der Waals surface area contributed by atoms with Gasteiger partial charge in [-0.25, -0.2) is 17.6 Å². The van der Waals surface area contributed by atoms with Crippen LogP contribution in [0.1, 0.15) is 46.7 Å². The van der Waals surface area contributed by atoms with Crippen molar-refractivity contribution in [2.24, 2.45) is 0 Å². The van der Waals surface area contributed by atoms with E-state index in [1.165, 1.54) is 30.3 Å². The molecule has 3 aromatic carbocycles. The highest BCUT2D eigenvalue weighted by molar-refractivity contribution is 5.36. The minimum Gasteiger partial charge on any atom is -0.207 e. The van der Waals surface area contributed by atoms with Crippen LogP contribution in [0, 0.1) is 34.6 Å².